The van der Waals surface area contributed by atoms with E-state index in [2.05, 4.69) is 68.7 Å². The highest BCUT2D eigenvalue weighted by atomic mass is 15.1. The number of benzene rings is 2. The molecule has 2 N–H and O–H groups in total. The van der Waals surface area contributed by atoms with Crippen LogP contribution >= 0.6 is 0 Å². The largest absolute Gasteiger partial charge is 0.379 e. The Morgan fingerprint density at radius 3 is 2.23 bits per heavy atom. The molecule has 2 nitrogen and oxygen atoms in total. The first-order valence-electron chi connectivity index (χ1n) is 10.2. The maximum absolute atomic E-state index is 4.05. The van der Waals surface area contributed by atoms with Crippen LogP contribution in [0.4, 0.5) is 11.4 Å². The van der Waals surface area contributed by atoms with Crippen LogP contribution in [-0.2, 0) is 5.54 Å². The summed E-state index contributed by atoms with van der Waals surface area (Å²) in [6.45, 7) is 8.90. The van der Waals surface area contributed by atoms with Gasteiger partial charge in [-0.3, -0.25) is 0 Å². The quantitative estimate of drug-likeness (QED) is 0.698. The SMILES string of the molecule is Cc1ccc(NC23CCC2C2(CCC2)Nc2cc(C)c(C)cc23)cc1C. The van der Waals surface area contributed by atoms with Crippen molar-refractivity contribution >= 4 is 11.4 Å². The second-order valence-corrected chi connectivity index (χ2v) is 9.10. The highest BCUT2D eigenvalue weighted by molar-refractivity contribution is 5.68. The zero-order valence-corrected chi connectivity index (χ0v) is 16.5. The summed E-state index contributed by atoms with van der Waals surface area (Å²) in [5, 5.41) is 8.05. The maximum atomic E-state index is 4.05. The zero-order chi connectivity index (χ0) is 18.1. The van der Waals surface area contributed by atoms with Gasteiger partial charge in [0, 0.05) is 28.4 Å². The summed E-state index contributed by atoms with van der Waals surface area (Å²) in [5.74, 6) is 0.694. The van der Waals surface area contributed by atoms with Crippen LogP contribution in [0, 0.1) is 33.6 Å². The molecule has 0 saturated heterocycles. The number of rotatable bonds is 2. The van der Waals surface area contributed by atoms with Crippen molar-refractivity contribution in [1.29, 1.82) is 0 Å². The lowest BCUT2D eigenvalue weighted by Gasteiger charge is -2.66. The summed E-state index contributed by atoms with van der Waals surface area (Å²) in [6.07, 6.45) is 6.57. The molecule has 2 aliphatic carbocycles. The maximum Gasteiger partial charge on any atom is 0.0695 e. The molecule has 1 aliphatic heterocycles. The monoisotopic (exact) mass is 346 g/mol. The minimum absolute atomic E-state index is 0.0984. The van der Waals surface area contributed by atoms with Gasteiger partial charge in [0.1, 0.15) is 0 Å². The molecule has 2 unspecified atom stereocenters. The molecule has 0 radical (unpaired) electrons. The van der Waals surface area contributed by atoms with Gasteiger partial charge in [0.2, 0.25) is 0 Å². The third-order valence-corrected chi connectivity index (χ3v) is 7.71. The molecule has 2 heteroatoms. The predicted octanol–water partition coefficient (Wildman–Crippen LogP) is 5.99. The van der Waals surface area contributed by atoms with Gasteiger partial charge in [-0.05, 0) is 100 Å². The molecule has 2 saturated carbocycles. The molecule has 2 aromatic carbocycles. The molecule has 0 aromatic heterocycles. The fourth-order valence-electron chi connectivity index (χ4n) is 5.62. The van der Waals surface area contributed by atoms with Crippen molar-refractivity contribution in [3.8, 4) is 0 Å². The Balaban J connectivity index is 1.64. The summed E-state index contributed by atoms with van der Waals surface area (Å²) < 4.78 is 0. The Bertz CT molecular complexity index is 893. The van der Waals surface area contributed by atoms with Crippen LogP contribution in [0.1, 0.15) is 59.9 Å². The number of hydrogen-bond donors (Lipinski definition) is 2. The molecule has 0 bridgehead atoms. The molecule has 5 rings (SSSR count). The Kier molecular flexibility index (Phi) is 3.30. The van der Waals surface area contributed by atoms with E-state index in [1.54, 1.807) is 0 Å². The smallest absolute Gasteiger partial charge is 0.0695 e. The molecule has 26 heavy (non-hydrogen) atoms. The molecule has 3 aliphatic rings. The van der Waals surface area contributed by atoms with Crippen molar-refractivity contribution in [3.63, 3.8) is 0 Å². The lowest BCUT2D eigenvalue weighted by molar-refractivity contribution is 0.0196. The average molecular weight is 347 g/mol. The normalized spacial score (nSPS) is 27.6. The van der Waals surface area contributed by atoms with Gasteiger partial charge in [0.25, 0.3) is 0 Å². The van der Waals surface area contributed by atoms with Crippen molar-refractivity contribution < 1.29 is 0 Å². The number of anilines is 2. The van der Waals surface area contributed by atoms with Crippen LogP contribution in [0.5, 0.6) is 0 Å². The van der Waals surface area contributed by atoms with E-state index < -0.39 is 0 Å². The second-order valence-electron chi connectivity index (χ2n) is 9.10. The van der Waals surface area contributed by atoms with E-state index in [0.717, 1.165) is 0 Å². The molecule has 0 amide bonds. The van der Waals surface area contributed by atoms with E-state index in [1.165, 1.54) is 71.3 Å². The number of fused-ring (bicyclic) bond motifs is 4. The lowest BCUT2D eigenvalue weighted by atomic mass is 9.48. The first kappa shape index (κ1) is 16.2. The lowest BCUT2D eigenvalue weighted by Crippen LogP contribution is -2.68. The van der Waals surface area contributed by atoms with Gasteiger partial charge in [-0.1, -0.05) is 12.1 Å². The second kappa shape index (κ2) is 5.28. The number of nitrogens with one attached hydrogen (secondary N) is 2. The first-order valence-corrected chi connectivity index (χ1v) is 10.2. The fourth-order valence-corrected chi connectivity index (χ4v) is 5.62. The van der Waals surface area contributed by atoms with E-state index in [0.29, 0.717) is 11.5 Å². The summed E-state index contributed by atoms with van der Waals surface area (Å²) in [7, 11) is 0. The molecule has 136 valence electrons. The van der Waals surface area contributed by atoms with E-state index >= 15 is 0 Å². The molecular formula is C24H30N2. The Hall–Kier alpha value is -1.96. The van der Waals surface area contributed by atoms with Crippen molar-refractivity contribution in [1.82, 2.24) is 0 Å². The number of aryl methyl sites for hydroxylation is 4. The van der Waals surface area contributed by atoms with Gasteiger partial charge in [0.15, 0.2) is 0 Å². The van der Waals surface area contributed by atoms with Crippen LogP contribution in [0.15, 0.2) is 30.3 Å². The van der Waals surface area contributed by atoms with Gasteiger partial charge in [-0.2, -0.15) is 0 Å². The van der Waals surface area contributed by atoms with Crippen LogP contribution in [0.2, 0.25) is 0 Å². The summed E-state index contributed by atoms with van der Waals surface area (Å²) in [4.78, 5) is 0. The van der Waals surface area contributed by atoms with Gasteiger partial charge < -0.3 is 10.6 Å². The van der Waals surface area contributed by atoms with Crippen LogP contribution in [0.3, 0.4) is 0 Å². The minimum atomic E-state index is 0.0984. The topological polar surface area (TPSA) is 24.1 Å². The third-order valence-electron chi connectivity index (χ3n) is 7.71. The van der Waals surface area contributed by atoms with Crippen LogP contribution in [0.25, 0.3) is 0 Å². The third kappa shape index (κ3) is 2.05. The van der Waals surface area contributed by atoms with Crippen molar-refractivity contribution in [3.05, 3.63) is 58.1 Å². The van der Waals surface area contributed by atoms with Gasteiger partial charge in [-0.15, -0.1) is 0 Å². The van der Waals surface area contributed by atoms with Crippen molar-refractivity contribution in [2.45, 2.75) is 70.9 Å². The Morgan fingerprint density at radius 2 is 1.62 bits per heavy atom. The van der Waals surface area contributed by atoms with Crippen LogP contribution in [-0.4, -0.2) is 5.54 Å². The number of hydrogen-bond acceptors (Lipinski definition) is 2. The summed E-state index contributed by atoms with van der Waals surface area (Å²) in [5.41, 5.74) is 10.1. The zero-order valence-electron chi connectivity index (χ0n) is 16.5. The van der Waals surface area contributed by atoms with Gasteiger partial charge in [0.05, 0.1) is 5.54 Å². The summed E-state index contributed by atoms with van der Waals surface area (Å²) in [6, 6.07) is 11.7. The van der Waals surface area contributed by atoms with E-state index in [9.17, 15) is 0 Å². The Morgan fingerprint density at radius 1 is 0.885 bits per heavy atom. The highest BCUT2D eigenvalue weighted by Gasteiger charge is 2.63. The highest BCUT2D eigenvalue weighted by Crippen LogP contribution is 2.63. The predicted molar refractivity (Wildman–Crippen MR) is 110 cm³/mol. The standard InChI is InChI=1S/C24H30N2/c1-15-6-7-19(12-16(15)2)25-24-11-8-22(24)23(9-5-10-23)26-21-14-18(4)17(3)13-20(21)24/h6-7,12-14,22,25-26H,5,8-11H2,1-4H3. The first-order chi connectivity index (χ1) is 12.4. The molecule has 2 fully saturated rings. The molecule has 2 atom stereocenters. The van der Waals surface area contributed by atoms with Gasteiger partial charge >= 0.3 is 0 Å². The molecular weight excluding hydrogens is 316 g/mol. The molecule has 1 heterocycles. The minimum Gasteiger partial charge on any atom is -0.379 e. The molecule has 2 aromatic rings. The molecule has 1 spiro atoms. The van der Waals surface area contributed by atoms with E-state index in [4.69, 9.17) is 0 Å². The Labute approximate surface area is 157 Å². The van der Waals surface area contributed by atoms with Crippen molar-refractivity contribution in [2.75, 3.05) is 10.6 Å². The van der Waals surface area contributed by atoms with E-state index in [-0.39, 0.29) is 5.54 Å². The fraction of sp³-hybridized carbons (Fsp3) is 0.500. The van der Waals surface area contributed by atoms with Crippen molar-refractivity contribution in [2.24, 2.45) is 5.92 Å². The summed E-state index contributed by atoms with van der Waals surface area (Å²) >= 11 is 0. The van der Waals surface area contributed by atoms with E-state index in [1.807, 2.05) is 0 Å². The average Bonchev–Trinajstić information content (AvgIpc) is 2.55. The van der Waals surface area contributed by atoms with Gasteiger partial charge in [-0.25, -0.2) is 0 Å². The van der Waals surface area contributed by atoms with Crippen LogP contribution < -0.4 is 10.6 Å².